The summed E-state index contributed by atoms with van der Waals surface area (Å²) in [5.74, 6) is 0.364. The van der Waals surface area contributed by atoms with Crippen LogP contribution in [0.15, 0.2) is 30.3 Å². The molecule has 114 valence electrons. The molecule has 21 heavy (non-hydrogen) atoms. The first-order valence-electron chi connectivity index (χ1n) is 8.25. The van der Waals surface area contributed by atoms with E-state index in [0.29, 0.717) is 24.1 Å². The molecule has 3 rings (SSSR count). The second-order valence-corrected chi connectivity index (χ2v) is 6.86. The number of esters is 1. The van der Waals surface area contributed by atoms with E-state index in [4.69, 9.17) is 4.74 Å². The van der Waals surface area contributed by atoms with Gasteiger partial charge in [0.15, 0.2) is 0 Å². The molecule has 2 saturated heterocycles. The molecule has 0 spiro atoms. The summed E-state index contributed by atoms with van der Waals surface area (Å²) in [6.07, 6.45) is 6.45. The number of fused-ring (bicyclic) bond motifs is 1. The first-order chi connectivity index (χ1) is 10.2. The molecule has 0 saturated carbocycles. The van der Waals surface area contributed by atoms with Crippen LogP contribution in [0.25, 0.3) is 0 Å². The van der Waals surface area contributed by atoms with Crippen LogP contribution in [-0.4, -0.2) is 43.2 Å². The van der Waals surface area contributed by atoms with Gasteiger partial charge >= 0.3 is 5.97 Å². The summed E-state index contributed by atoms with van der Waals surface area (Å²) >= 11 is 0. The molecular formula is C18H26NO2+. The van der Waals surface area contributed by atoms with Gasteiger partial charge in [-0.25, -0.2) is 4.79 Å². The monoisotopic (exact) mass is 288 g/mol. The maximum Gasteiger partial charge on any atom is 0.338 e. The topological polar surface area (TPSA) is 26.3 Å². The number of carbonyl (C=O) groups is 1. The molecule has 0 N–H and O–H groups in total. The van der Waals surface area contributed by atoms with Crippen LogP contribution >= 0.6 is 0 Å². The van der Waals surface area contributed by atoms with Gasteiger partial charge in [-0.3, -0.25) is 0 Å². The number of nitrogens with zero attached hydrogens (tertiary/aromatic N) is 1. The zero-order chi connectivity index (χ0) is 14.7. The van der Waals surface area contributed by atoms with Gasteiger partial charge in [0.1, 0.15) is 6.61 Å². The van der Waals surface area contributed by atoms with Crippen molar-refractivity contribution in [3.8, 4) is 0 Å². The fourth-order valence-corrected chi connectivity index (χ4v) is 4.27. The Hall–Kier alpha value is -1.35. The molecule has 2 heterocycles. The van der Waals surface area contributed by atoms with E-state index >= 15 is 0 Å². The molecule has 0 aromatic heterocycles. The van der Waals surface area contributed by atoms with Gasteiger partial charge in [0.05, 0.1) is 31.7 Å². The van der Waals surface area contributed by atoms with Crippen LogP contribution in [0.1, 0.15) is 42.5 Å². The number of hydrogen-bond acceptors (Lipinski definition) is 2. The van der Waals surface area contributed by atoms with Gasteiger partial charge in [0.2, 0.25) is 0 Å². The molecule has 0 amide bonds. The highest BCUT2D eigenvalue weighted by Gasteiger charge is 2.43. The first-order valence-corrected chi connectivity index (χ1v) is 8.25. The van der Waals surface area contributed by atoms with Gasteiger partial charge in [-0.05, 0) is 37.8 Å². The number of carbonyl (C=O) groups excluding carboxylic acids is 1. The SMILES string of the molecule is C[N+]12CCCC[C@@H]1[C@H](COC(=O)c1ccccc1)CCC2. The van der Waals surface area contributed by atoms with Gasteiger partial charge in [-0.2, -0.15) is 0 Å². The Bertz CT molecular complexity index is 483. The van der Waals surface area contributed by atoms with Crippen molar-refractivity contribution < 1.29 is 14.0 Å². The molecule has 3 nitrogen and oxygen atoms in total. The molecule has 0 aliphatic carbocycles. The van der Waals surface area contributed by atoms with E-state index in [-0.39, 0.29) is 5.97 Å². The Morgan fingerprint density at radius 1 is 1.14 bits per heavy atom. The Morgan fingerprint density at radius 3 is 2.71 bits per heavy atom. The number of quaternary nitrogens is 1. The highest BCUT2D eigenvalue weighted by molar-refractivity contribution is 5.89. The van der Waals surface area contributed by atoms with Crippen molar-refractivity contribution in [2.45, 2.75) is 38.1 Å². The van der Waals surface area contributed by atoms with Crippen molar-refractivity contribution in [3.05, 3.63) is 35.9 Å². The first kappa shape index (κ1) is 14.6. The normalized spacial score (nSPS) is 32.2. The highest BCUT2D eigenvalue weighted by atomic mass is 16.5. The number of hydrogen-bond donors (Lipinski definition) is 0. The fraction of sp³-hybridized carbons (Fsp3) is 0.611. The smallest absolute Gasteiger partial charge is 0.338 e. The van der Waals surface area contributed by atoms with Gasteiger partial charge in [-0.1, -0.05) is 18.2 Å². The summed E-state index contributed by atoms with van der Waals surface area (Å²) in [7, 11) is 2.40. The molecule has 3 atom stereocenters. The van der Waals surface area contributed by atoms with Gasteiger partial charge < -0.3 is 9.22 Å². The number of benzene rings is 1. The van der Waals surface area contributed by atoms with E-state index in [9.17, 15) is 4.79 Å². The zero-order valence-corrected chi connectivity index (χ0v) is 13.0. The van der Waals surface area contributed by atoms with Crippen molar-refractivity contribution in [2.24, 2.45) is 5.92 Å². The van der Waals surface area contributed by atoms with E-state index in [2.05, 4.69) is 7.05 Å². The lowest BCUT2D eigenvalue weighted by Gasteiger charge is -2.51. The van der Waals surface area contributed by atoms with Gasteiger partial charge in [0, 0.05) is 12.3 Å². The summed E-state index contributed by atoms with van der Waals surface area (Å²) < 4.78 is 6.81. The molecule has 1 unspecified atom stereocenters. The molecule has 3 heteroatoms. The maximum absolute atomic E-state index is 12.1. The molecule has 0 radical (unpaired) electrons. The predicted molar refractivity (Wildman–Crippen MR) is 83.0 cm³/mol. The quantitative estimate of drug-likeness (QED) is 0.630. The second-order valence-electron chi connectivity index (χ2n) is 6.86. The highest BCUT2D eigenvalue weighted by Crippen LogP contribution is 2.36. The Kier molecular flexibility index (Phi) is 4.29. The van der Waals surface area contributed by atoms with E-state index in [1.165, 1.54) is 49.7 Å². The molecule has 2 fully saturated rings. The average Bonchev–Trinajstić information content (AvgIpc) is 2.52. The third-order valence-corrected chi connectivity index (χ3v) is 5.45. The lowest BCUT2D eigenvalue weighted by molar-refractivity contribution is -0.947. The van der Waals surface area contributed by atoms with Gasteiger partial charge in [0.25, 0.3) is 0 Å². The summed E-state index contributed by atoms with van der Waals surface area (Å²) in [4.78, 5) is 12.1. The average molecular weight is 288 g/mol. The lowest BCUT2D eigenvalue weighted by Crippen LogP contribution is -2.61. The van der Waals surface area contributed by atoms with E-state index in [1.54, 1.807) is 0 Å². The summed E-state index contributed by atoms with van der Waals surface area (Å²) in [6, 6.07) is 10.0. The number of rotatable bonds is 3. The minimum absolute atomic E-state index is 0.175. The zero-order valence-electron chi connectivity index (χ0n) is 13.0. The summed E-state index contributed by atoms with van der Waals surface area (Å²) in [6.45, 7) is 3.19. The third kappa shape index (κ3) is 3.13. The Labute approximate surface area is 127 Å². The van der Waals surface area contributed by atoms with Crippen molar-refractivity contribution in [2.75, 3.05) is 26.7 Å². The van der Waals surface area contributed by atoms with Crippen LogP contribution in [0.2, 0.25) is 0 Å². The standard InChI is InChI=1S/C18H26NO2/c1-19-12-6-5-11-17(19)16(10-7-13-19)14-21-18(20)15-8-3-2-4-9-15/h2-4,8-9,16-17H,5-7,10-14H2,1H3/q+1/t16-,17+,19?/m0/s1. The molecule has 2 aliphatic heterocycles. The Balaban J connectivity index is 1.61. The Morgan fingerprint density at radius 2 is 1.90 bits per heavy atom. The summed E-state index contributed by atoms with van der Waals surface area (Å²) in [5, 5.41) is 0. The van der Waals surface area contributed by atoms with Crippen molar-refractivity contribution >= 4 is 5.97 Å². The van der Waals surface area contributed by atoms with Crippen LogP contribution in [0.5, 0.6) is 0 Å². The van der Waals surface area contributed by atoms with E-state index in [1.807, 2.05) is 30.3 Å². The number of ether oxygens (including phenoxy) is 1. The lowest BCUT2D eigenvalue weighted by atomic mass is 9.82. The van der Waals surface area contributed by atoms with Gasteiger partial charge in [-0.15, -0.1) is 0 Å². The number of piperidine rings is 2. The van der Waals surface area contributed by atoms with Crippen molar-refractivity contribution in [1.82, 2.24) is 0 Å². The van der Waals surface area contributed by atoms with Crippen molar-refractivity contribution in [3.63, 3.8) is 0 Å². The molecule has 1 aromatic carbocycles. The molecule has 0 bridgehead atoms. The molecule has 1 aromatic rings. The predicted octanol–water partition coefficient (Wildman–Crippen LogP) is 3.25. The minimum atomic E-state index is -0.175. The minimum Gasteiger partial charge on any atom is -0.462 e. The van der Waals surface area contributed by atoms with Crippen LogP contribution in [0, 0.1) is 5.92 Å². The van der Waals surface area contributed by atoms with Crippen LogP contribution in [-0.2, 0) is 4.74 Å². The van der Waals surface area contributed by atoms with Crippen LogP contribution in [0.4, 0.5) is 0 Å². The summed E-state index contributed by atoms with van der Waals surface area (Å²) in [5.41, 5.74) is 0.661. The van der Waals surface area contributed by atoms with Crippen LogP contribution < -0.4 is 0 Å². The molecule has 2 aliphatic rings. The fourth-order valence-electron chi connectivity index (χ4n) is 4.27. The molecular weight excluding hydrogens is 262 g/mol. The van der Waals surface area contributed by atoms with Crippen molar-refractivity contribution in [1.29, 1.82) is 0 Å². The third-order valence-electron chi connectivity index (χ3n) is 5.45. The van der Waals surface area contributed by atoms with E-state index < -0.39 is 0 Å². The second kappa shape index (κ2) is 6.18. The maximum atomic E-state index is 12.1. The van der Waals surface area contributed by atoms with Crippen LogP contribution in [0.3, 0.4) is 0 Å². The largest absolute Gasteiger partial charge is 0.462 e. The van der Waals surface area contributed by atoms with E-state index in [0.717, 1.165) is 0 Å².